The molecule has 2 N–H and O–H groups in total. The lowest BCUT2D eigenvalue weighted by atomic mass is 9.87. The first kappa shape index (κ1) is 15.7. The maximum atomic E-state index is 12.2. The number of carboxylic acids is 1. The molecular formula is C6H5F6IO3. The molecule has 0 rings (SSSR count). The summed E-state index contributed by atoms with van der Waals surface area (Å²) in [5.41, 5.74) is -5.24. The third-order valence-electron chi connectivity index (χ3n) is 1.82. The summed E-state index contributed by atoms with van der Waals surface area (Å²) < 4.78 is 71.9. The molecule has 0 aromatic heterocycles. The van der Waals surface area contributed by atoms with Gasteiger partial charge in [-0.2, -0.15) is 26.3 Å². The largest absolute Gasteiger partial charge is 0.481 e. The third-order valence-corrected chi connectivity index (χ3v) is 2.70. The van der Waals surface area contributed by atoms with Crippen molar-refractivity contribution in [1.82, 2.24) is 0 Å². The van der Waals surface area contributed by atoms with Crippen LogP contribution in [-0.4, -0.2) is 38.6 Å². The molecule has 0 saturated heterocycles. The quantitative estimate of drug-likeness (QED) is 0.456. The lowest BCUT2D eigenvalue weighted by Crippen LogP contribution is -2.64. The fraction of sp³-hybridized carbons (Fsp3) is 0.833. The van der Waals surface area contributed by atoms with Crippen molar-refractivity contribution in [3.05, 3.63) is 0 Å². The number of alkyl halides is 7. The van der Waals surface area contributed by atoms with Gasteiger partial charge in [0.15, 0.2) is 0 Å². The van der Waals surface area contributed by atoms with Gasteiger partial charge in [-0.1, -0.05) is 22.6 Å². The van der Waals surface area contributed by atoms with Crippen molar-refractivity contribution in [3.63, 3.8) is 0 Å². The van der Waals surface area contributed by atoms with Gasteiger partial charge in [0.2, 0.25) is 0 Å². The van der Waals surface area contributed by atoms with E-state index in [1.54, 1.807) is 0 Å². The Morgan fingerprint density at radius 3 is 1.50 bits per heavy atom. The van der Waals surface area contributed by atoms with Crippen LogP contribution in [0.25, 0.3) is 0 Å². The number of hydrogen-bond donors (Lipinski definition) is 2. The van der Waals surface area contributed by atoms with Crippen LogP contribution in [0.5, 0.6) is 0 Å². The van der Waals surface area contributed by atoms with Crippen LogP contribution in [0.15, 0.2) is 0 Å². The number of carbonyl (C=O) groups is 1. The monoisotopic (exact) mass is 366 g/mol. The van der Waals surface area contributed by atoms with Crippen molar-refractivity contribution in [2.45, 2.75) is 18.0 Å². The Hall–Kier alpha value is -0.260. The molecule has 0 saturated carbocycles. The van der Waals surface area contributed by atoms with Crippen molar-refractivity contribution < 1.29 is 41.4 Å². The Labute approximate surface area is 98.6 Å². The molecule has 0 aliphatic carbocycles. The van der Waals surface area contributed by atoms with Crippen LogP contribution in [0.2, 0.25) is 0 Å². The van der Waals surface area contributed by atoms with Gasteiger partial charge in [0.1, 0.15) is 5.92 Å². The second-order valence-corrected chi connectivity index (χ2v) is 3.69. The SMILES string of the molecule is O=C(O)C(CI)C(O)(C(F)(F)F)C(F)(F)F. The molecule has 0 aliphatic rings. The summed E-state index contributed by atoms with van der Waals surface area (Å²) in [6, 6.07) is 0. The molecule has 1 unspecified atom stereocenters. The highest BCUT2D eigenvalue weighted by Gasteiger charge is 2.75. The Morgan fingerprint density at radius 1 is 1.12 bits per heavy atom. The molecule has 0 aromatic rings. The van der Waals surface area contributed by atoms with E-state index < -0.39 is 34.3 Å². The van der Waals surface area contributed by atoms with Gasteiger partial charge in [0, 0.05) is 4.43 Å². The predicted octanol–water partition coefficient (Wildman–Crippen LogP) is 1.98. The number of carboxylic acid groups (broad SMARTS) is 1. The first-order valence-corrected chi connectivity index (χ1v) is 5.06. The van der Waals surface area contributed by atoms with Crippen LogP contribution in [0, 0.1) is 5.92 Å². The fourth-order valence-corrected chi connectivity index (χ4v) is 1.93. The topological polar surface area (TPSA) is 57.5 Å². The zero-order valence-electron chi connectivity index (χ0n) is 7.23. The Bertz CT molecular complexity index is 258. The normalized spacial score (nSPS) is 16.0. The van der Waals surface area contributed by atoms with Crippen LogP contribution in [0.1, 0.15) is 0 Å². The zero-order chi connectivity index (χ0) is 13.4. The second kappa shape index (κ2) is 4.55. The number of aliphatic carboxylic acids is 1. The fourth-order valence-electron chi connectivity index (χ4n) is 0.912. The van der Waals surface area contributed by atoms with E-state index >= 15 is 0 Å². The molecule has 10 heteroatoms. The molecule has 0 amide bonds. The first-order chi connectivity index (χ1) is 6.89. The second-order valence-electron chi connectivity index (χ2n) is 2.81. The molecule has 0 spiro atoms. The molecule has 1 atom stereocenters. The Kier molecular flexibility index (Phi) is 4.47. The molecule has 16 heavy (non-hydrogen) atoms. The lowest BCUT2D eigenvalue weighted by molar-refractivity contribution is -0.379. The number of hydrogen-bond acceptors (Lipinski definition) is 2. The lowest BCUT2D eigenvalue weighted by Gasteiger charge is -2.35. The van der Waals surface area contributed by atoms with Crippen LogP contribution in [0.3, 0.4) is 0 Å². The minimum absolute atomic E-state index is 1.03. The summed E-state index contributed by atoms with van der Waals surface area (Å²) in [6.07, 6.45) is -12.2. The van der Waals surface area contributed by atoms with Gasteiger partial charge in [0.05, 0.1) is 0 Å². The van der Waals surface area contributed by atoms with E-state index in [0.29, 0.717) is 0 Å². The van der Waals surface area contributed by atoms with E-state index in [2.05, 4.69) is 0 Å². The number of rotatable bonds is 3. The van der Waals surface area contributed by atoms with Crippen molar-refractivity contribution in [2.75, 3.05) is 4.43 Å². The maximum absolute atomic E-state index is 12.2. The smallest absolute Gasteiger partial charge is 0.427 e. The van der Waals surface area contributed by atoms with Crippen LogP contribution in [-0.2, 0) is 4.79 Å². The highest BCUT2D eigenvalue weighted by atomic mass is 127. The predicted molar refractivity (Wildman–Crippen MR) is 47.1 cm³/mol. The van der Waals surface area contributed by atoms with Gasteiger partial charge < -0.3 is 10.2 Å². The number of halogens is 7. The van der Waals surface area contributed by atoms with Crippen molar-refractivity contribution in [1.29, 1.82) is 0 Å². The van der Waals surface area contributed by atoms with E-state index in [0.717, 1.165) is 22.6 Å². The average molecular weight is 366 g/mol. The Balaban J connectivity index is 5.68. The van der Waals surface area contributed by atoms with Crippen LogP contribution in [0.4, 0.5) is 26.3 Å². The van der Waals surface area contributed by atoms with Gasteiger partial charge in [0.25, 0.3) is 5.60 Å². The third kappa shape index (κ3) is 2.52. The first-order valence-electron chi connectivity index (χ1n) is 3.54. The summed E-state index contributed by atoms with van der Waals surface area (Å²) in [4.78, 5) is 10.3. The Morgan fingerprint density at radius 2 is 1.44 bits per heavy atom. The van der Waals surface area contributed by atoms with Gasteiger partial charge in [-0.15, -0.1) is 0 Å². The van der Waals surface area contributed by atoms with Crippen LogP contribution < -0.4 is 0 Å². The summed E-state index contributed by atoms with van der Waals surface area (Å²) in [7, 11) is 0. The molecule has 0 heterocycles. The molecule has 0 aliphatic heterocycles. The molecule has 3 nitrogen and oxygen atoms in total. The van der Waals surface area contributed by atoms with Crippen molar-refractivity contribution in [2.24, 2.45) is 5.92 Å². The zero-order valence-corrected chi connectivity index (χ0v) is 9.39. The van der Waals surface area contributed by atoms with Gasteiger partial charge in [-0.3, -0.25) is 4.79 Å². The van der Waals surface area contributed by atoms with E-state index in [9.17, 15) is 31.1 Å². The molecule has 96 valence electrons. The summed E-state index contributed by atoms with van der Waals surface area (Å²) in [5.74, 6) is -5.38. The molecular weight excluding hydrogens is 361 g/mol. The van der Waals surface area contributed by atoms with E-state index in [1.807, 2.05) is 0 Å². The minimum atomic E-state index is -6.11. The summed E-state index contributed by atoms with van der Waals surface area (Å²) in [5, 5.41) is 16.9. The molecule has 0 bridgehead atoms. The van der Waals surface area contributed by atoms with E-state index in [1.165, 1.54) is 0 Å². The maximum Gasteiger partial charge on any atom is 0.427 e. The minimum Gasteiger partial charge on any atom is -0.481 e. The van der Waals surface area contributed by atoms with E-state index in [4.69, 9.17) is 10.2 Å². The highest BCUT2D eigenvalue weighted by molar-refractivity contribution is 14.1. The van der Waals surface area contributed by atoms with Crippen molar-refractivity contribution >= 4 is 28.6 Å². The van der Waals surface area contributed by atoms with Gasteiger partial charge in [-0.25, -0.2) is 0 Å². The summed E-state index contributed by atoms with van der Waals surface area (Å²) >= 11 is 1.03. The number of aliphatic hydroxyl groups is 1. The van der Waals surface area contributed by atoms with Gasteiger partial charge in [-0.05, 0) is 0 Å². The molecule has 0 aromatic carbocycles. The average Bonchev–Trinajstić information content (AvgIpc) is 1.99. The van der Waals surface area contributed by atoms with Crippen LogP contribution >= 0.6 is 22.6 Å². The van der Waals surface area contributed by atoms with E-state index in [-0.39, 0.29) is 0 Å². The highest BCUT2D eigenvalue weighted by Crippen LogP contribution is 2.48. The van der Waals surface area contributed by atoms with Crippen molar-refractivity contribution in [3.8, 4) is 0 Å². The summed E-state index contributed by atoms with van der Waals surface area (Å²) in [6.45, 7) is 0. The van der Waals surface area contributed by atoms with Gasteiger partial charge >= 0.3 is 18.3 Å². The standard InChI is InChI=1S/C6H5F6IO3/c7-5(8,9)4(16,6(10,11)12)2(1-13)3(14)15/h2,16H,1H2,(H,14,15). The molecule has 0 fully saturated rings. The molecule has 0 radical (unpaired) electrons.